The molecule has 86 valence electrons. The first-order valence-electron chi connectivity index (χ1n) is 5.49. The number of Topliss-reactive ketones (excluding diaryl/α,β-unsaturated/α-hetero) is 2. The van der Waals surface area contributed by atoms with Crippen molar-refractivity contribution >= 4 is 11.6 Å². The molecule has 0 aromatic rings. The molecule has 15 heavy (non-hydrogen) atoms. The Bertz CT molecular complexity index is 215. The topological polar surface area (TPSA) is 52.6 Å². The van der Waals surface area contributed by atoms with Crippen molar-refractivity contribution in [3.63, 3.8) is 0 Å². The van der Waals surface area contributed by atoms with Crippen LogP contribution in [0.2, 0.25) is 0 Å². The highest BCUT2D eigenvalue weighted by Gasteiger charge is 2.37. The molecule has 4 heteroatoms. The molecule has 1 rings (SSSR count). The molecule has 0 amide bonds. The van der Waals surface area contributed by atoms with Gasteiger partial charge in [-0.1, -0.05) is 0 Å². The Kier molecular flexibility index (Phi) is 4.91. The van der Waals surface area contributed by atoms with Crippen LogP contribution in [0, 0.1) is 5.92 Å². The first kappa shape index (κ1) is 12.3. The van der Waals surface area contributed by atoms with Gasteiger partial charge < -0.3 is 9.47 Å². The van der Waals surface area contributed by atoms with E-state index in [2.05, 4.69) is 0 Å². The van der Waals surface area contributed by atoms with Gasteiger partial charge in [-0.15, -0.1) is 0 Å². The predicted molar refractivity (Wildman–Crippen MR) is 54.4 cm³/mol. The fraction of sp³-hybridized carbons (Fsp3) is 0.818. The zero-order valence-corrected chi connectivity index (χ0v) is 9.32. The maximum atomic E-state index is 11.6. The van der Waals surface area contributed by atoms with E-state index in [9.17, 15) is 9.59 Å². The standard InChI is InChI=1S/C11H18O4/c1-3-14-11(15-4-2)10-8(12)6-5-7-9(10)13/h10-11H,3-7H2,1-2H3. The smallest absolute Gasteiger partial charge is 0.174 e. The molecule has 0 atom stereocenters. The molecule has 1 aliphatic rings. The number of hydrogen-bond donors (Lipinski definition) is 0. The summed E-state index contributed by atoms with van der Waals surface area (Å²) >= 11 is 0. The van der Waals surface area contributed by atoms with E-state index in [1.165, 1.54) is 0 Å². The second kappa shape index (κ2) is 5.98. The highest BCUT2D eigenvalue weighted by atomic mass is 16.7. The number of carbonyl (C=O) groups excluding carboxylic acids is 2. The van der Waals surface area contributed by atoms with E-state index in [1.807, 2.05) is 13.8 Å². The lowest BCUT2D eigenvalue weighted by atomic mass is 9.86. The van der Waals surface area contributed by atoms with Crippen LogP contribution < -0.4 is 0 Å². The average molecular weight is 214 g/mol. The minimum absolute atomic E-state index is 0.0434. The van der Waals surface area contributed by atoms with Crippen molar-refractivity contribution in [2.45, 2.75) is 39.4 Å². The van der Waals surface area contributed by atoms with E-state index >= 15 is 0 Å². The minimum atomic E-state index is -0.696. The van der Waals surface area contributed by atoms with Crippen LogP contribution in [0.25, 0.3) is 0 Å². The van der Waals surface area contributed by atoms with Crippen LogP contribution in [-0.4, -0.2) is 31.1 Å². The van der Waals surface area contributed by atoms with E-state index < -0.39 is 12.2 Å². The molecule has 0 saturated heterocycles. The molecule has 0 heterocycles. The monoisotopic (exact) mass is 214 g/mol. The van der Waals surface area contributed by atoms with Gasteiger partial charge >= 0.3 is 0 Å². The summed E-state index contributed by atoms with van der Waals surface area (Å²) < 4.78 is 10.6. The van der Waals surface area contributed by atoms with Crippen molar-refractivity contribution in [2.75, 3.05) is 13.2 Å². The zero-order chi connectivity index (χ0) is 11.3. The Morgan fingerprint density at radius 1 is 1.13 bits per heavy atom. The molecule has 0 aromatic carbocycles. The van der Waals surface area contributed by atoms with Crippen LogP contribution >= 0.6 is 0 Å². The molecule has 4 nitrogen and oxygen atoms in total. The quantitative estimate of drug-likeness (QED) is 0.511. The summed E-state index contributed by atoms with van der Waals surface area (Å²) in [7, 11) is 0. The first-order valence-corrected chi connectivity index (χ1v) is 5.49. The third-order valence-corrected chi connectivity index (χ3v) is 2.47. The Morgan fingerprint density at radius 3 is 2.00 bits per heavy atom. The molecule has 0 N–H and O–H groups in total. The van der Waals surface area contributed by atoms with Gasteiger partial charge in [0.05, 0.1) is 0 Å². The summed E-state index contributed by atoms with van der Waals surface area (Å²) in [6.45, 7) is 4.54. The molecule has 1 aliphatic carbocycles. The molecule has 0 unspecified atom stereocenters. The second-order valence-corrected chi connectivity index (χ2v) is 3.54. The molecular formula is C11H18O4. The van der Waals surface area contributed by atoms with Crippen LogP contribution in [0.3, 0.4) is 0 Å². The van der Waals surface area contributed by atoms with E-state index in [1.54, 1.807) is 0 Å². The SMILES string of the molecule is CCOC(OCC)C1C(=O)CCCC1=O. The fourth-order valence-electron chi connectivity index (χ4n) is 1.80. The van der Waals surface area contributed by atoms with Crippen LogP contribution in [-0.2, 0) is 19.1 Å². The lowest BCUT2D eigenvalue weighted by molar-refractivity contribution is -0.180. The van der Waals surface area contributed by atoms with Gasteiger partial charge in [-0.25, -0.2) is 0 Å². The van der Waals surface area contributed by atoms with E-state index in [4.69, 9.17) is 9.47 Å². The average Bonchev–Trinajstić information content (AvgIpc) is 2.18. The lowest BCUT2D eigenvalue weighted by Gasteiger charge is -2.27. The molecule has 0 spiro atoms. The summed E-state index contributed by atoms with van der Waals surface area (Å²) in [6.07, 6.45) is 0.916. The summed E-state index contributed by atoms with van der Waals surface area (Å²) in [6, 6.07) is 0. The van der Waals surface area contributed by atoms with Gasteiger partial charge in [-0.3, -0.25) is 9.59 Å². The van der Waals surface area contributed by atoms with Crippen LogP contribution in [0.1, 0.15) is 33.1 Å². The number of hydrogen-bond acceptors (Lipinski definition) is 4. The summed E-state index contributed by atoms with van der Waals surface area (Å²) in [4.78, 5) is 23.2. The highest BCUT2D eigenvalue weighted by molar-refractivity contribution is 6.04. The summed E-state index contributed by atoms with van der Waals surface area (Å²) in [5.74, 6) is -0.782. The largest absolute Gasteiger partial charge is 0.352 e. The van der Waals surface area contributed by atoms with Gasteiger partial charge in [-0.2, -0.15) is 0 Å². The minimum Gasteiger partial charge on any atom is -0.352 e. The van der Waals surface area contributed by atoms with E-state index in [-0.39, 0.29) is 11.6 Å². The van der Waals surface area contributed by atoms with Crippen molar-refractivity contribution in [2.24, 2.45) is 5.92 Å². The van der Waals surface area contributed by atoms with Gasteiger partial charge in [0.1, 0.15) is 17.5 Å². The predicted octanol–water partition coefficient (Wildman–Crippen LogP) is 1.32. The molecule has 0 radical (unpaired) electrons. The second-order valence-electron chi connectivity index (χ2n) is 3.54. The Balaban J connectivity index is 2.69. The van der Waals surface area contributed by atoms with Crippen molar-refractivity contribution in [1.29, 1.82) is 0 Å². The molecule has 0 aliphatic heterocycles. The molecule has 1 saturated carbocycles. The Morgan fingerprint density at radius 2 is 1.60 bits per heavy atom. The lowest BCUT2D eigenvalue weighted by Crippen LogP contribution is -2.41. The van der Waals surface area contributed by atoms with Crippen molar-refractivity contribution in [1.82, 2.24) is 0 Å². The molecular weight excluding hydrogens is 196 g/mol. The number of rotatable bonds is 5. The first-order chi connectivity index (χ1) is 7.20. The van der Waals surface area contributed by atoms with E-state index in [0.717, 1.165) is 0 Å². The van der Waals surface area contributed by atoms with Gasteiger partial charge in [0, 0.05) is 26.1 Å². The third kappa shape index (κ3) is 3.11. The molecule has 0 bridgehead atoms. The highest BCUT2D eigenvalue weighted by Crippen LogP contribution is 2.23. The summed E-state index contributed by atoms with van der Waals surface area (Å²) in [5, 5.41) is 0. The maximum Gasteiger partial charge on any atom is 0.174 e. The molecule has 0 aromatic heterocycles. The summed E-state index contributed by atoms with van der Waals surface area (Å²) in [5.41, 5.74) is 0. The third-order valence-electron chi connectivity index (χ3n) is 2.47. The Labute approximate surface area is 89.9 Å². The van der Waals surface area contributed by atoms with E-state index in [0.29, 0.717) is 32.5 Å². The number of carbonyl (C=O) groups is 2. The zero-order valence-electron chi connectivity index (χ0n) is 9.32. The van der Waals surface area contributed by atoms with Crippen molar-refractivity contribution < 1.29 is 19.1 Å². The normalized spacial score (nSPS) is 18.9. The van der Waals surface area contributed by atoms with Gasteiger partial charge in [-0.05, 0) is 20.3 Å². The maximum absolute atomic E-state index is 11.6. The number of ketones is 2. The molecule has 1 fully saturated rings. The van der Waals surface area contributed by atoms with Gasteiger partial charge in [0.2, 0.25) is 0 Å². The van der Waals surface area contributed by atoms with Gasteiger partial charge in [0.25, 0.3) is 0 Å². The number of ether oxygens (including phenoxy) is 2. The van der Waals surface area contributed by atoms with Crippen LogP contribution in [0.15, 0.2) is 0 Å². The van der Waals surface area contributed by atoms with Crippen molar-refractivity contribution in [3.05, 3.63) is 0 Å². The van der Waals surface area contributed by atoms with Crippen molar-refractivity contribution in [3.8, 4) is 0 Å². The van der Waals surface area contributed by atoms with Gasteiger partial charge in [0.15, 0.2) is 6.29 Å². The Hall–Kier alpha value is -0.740. The van der Waals surface area contributed by atoms with Crippen LogP contribution in [0.5, 0.6) is 0 Å². The fourth-order valence-corrected chi connectivity index (χ4v) is 1.80. The van der Waals surface area contributed by atoms with Crippen LogP contribution in [0.4, 0.5) is 0 Å².